The van der Waals surface area contributed by atoms with Gasteiger partial charge in [0.1, 0.15) is 10.0 Å². The van der Waals surface area contributed by atoms with Crippen molar-refractivity contribution in [3.63, 3.8) is 0 Å². The van der Waals surface area contributed by atoms with E-state index in [-0.39, 0.29) is 21.5 Å². The number of amides is 1. The molecule has 0 saturated carbocycles. The summed E-state index contributed by atoms with van der Waals surface area (Å²) in [6, 6.07) is 7.49. The predicted octanol–water partition coefficient (Wildman–Crippen LogP) is 2.45. The Morgan fingerprint density at radius 2 is 2.00 bits per heavy atom. The Bertz CT molecular complexity index is 773. The molecule has 2 rings (SSSR count). The highest BCUT2D eigenvalue weighted by molar-refractivity contribution is 7.99. The average molecular weight is 374 g/mol. The van der Waals surface area contributed by atoms with Crippen LogP contribution in [0.5, 0.6) is 0 Å². The van der Waals surface area contributed by atoms with E-state index in [1.807, 2.05) is 0 Å². The van der Waals surface area contributed by atoms with Gasteiger partial charge in [0.25, 0.3) is 5.91 Å². The highest BCUT2D eigenvalue weighted by atomic mass is 32.2. The number of hydrogen-bond acceptors (Lipinski definition) is 5. The molecule has 0 spiro atoms. The highest BCUT2D eigenvalue weighted by Crippen LogP contribution is 2.19. The van der Waals surface area contributed by atoms with Gasteiger partial charge in [-0.15, -0.1) is 23.1 Å². The average Bonchev–Trinajstić information content (AvgIpc) is 2.99. The van der Waals surface area contributed by atoms with Gasteiger partial charge in [0.05, 0.1) is 5.56 Å². The van der Waals surface area contributed by atoms with Crippen LogP contribution in [0, 0.1) is 5.82 Å². The van der Waals surface area contributed by atoms with Gasteiger partial charge < -0.3 is 5.32 Å². The fourth-order valence-electron chi connectivity index (χ4n) is 1.68. The third-order valence-corrected chi connectivity index (χ3v) is 6.29. The van der Waals surface area contributed by atoms with Crippen LogP contribution in [0.3, 0.4) is 0 Å². The minimum atomic E-state index is -3.77. The van der Waals surface area contributed by atoms with Gasteiger partial charge in [0.2, 0.25) is 10.0 Å². The van der Waals surface area contributed by atoms with Crippen molar-refractivity contribution in [2.75, 3.05) is 12.3 Å². The fraction of sp³-hybridized carbons (Fsp3) is 0.214. The number of carbonyl (C=O) groups is 1. The molecule has 5 nitrogen and oxygen atoms in total. The molecule has 2 aromatic rings. The Kier molecular flexibility index (Phi) is 6.17. The summed E-state index contributed by atoms with van der Waals surface area (Å²) in [4.78, 5) is 12.8. The molecule has 1 amide bonds. The first kappa shape index (κ1) is 17.9. The molecule has 0 unspecified atom stereocenters. The maximum Gasteiger partial charge on any atom is 0.252 e. The van der Waals surface area contributed by atoms with E-state index in [1.54, 1.807) is 23.9 Å². The summed E-state index contributed by atoms with van der Waals surface area (Å²) in [5.41, 5.74) is 0.283. The summed E-state index contributed by atoms with van der Waals surface area (Å²) < 4.78 is 35.0. The fourth-order valence-corrected chi connectivity index (χ4v) is 4.12. The first-order valence-corrected chi connectivity index (χ1v) is 10.1. The van der Waals surface area contributed by atoms with E-state index in [0.29, 0.717) is 6.54 Å². The summed E-state index contributed by atoms with van der Waals surface area (Å²) in [7, 11) is -3.77. The summed E-state index contributed by atoms with van der Waals surface area (Å²) in [5, 5.41) is 9.18. The number of primary sulfonamides is 1. The molecular weight excluding hydrogens is 359 g/mol. The molecule has 0 radical (unpaired) electrons. The number of halogens is 1. The molecule has 3 N–H and O–H groups in total. The lowest BCUT2D eigenvalue weighted by molar-refractivity contribution is 0.0954. The molecule has 0 aliphatic rings. The molecule has 1 heterocycles. The van der Waals surface area contributed by atoms with Gasteiger partial charge in [0, 0.05) is 16.8 Å². The van der Waals surface area contributed by atoms with Crippen molar-refractivity contribution < 1.29 is 17.6 Å². The normalized spacial score (nSPS) is 11.4. The Morgan fingerprint density at radius 1 is 1.30 bits per heavy atom. The number of thioether (sulfide) groups is 1. The number of nitrogens with one attached hydrogen (secondary N) is 1. The largest absolute Gasteiger partial charge is 0.352 e. The number of sulfonamides is 1. The maximum absolute atomic E-state index is 12.8. The summed E-state index contributed by atoms with van der Waals surface area (Å²) in [6.45, 7) is 0.466. The van der Waals surface area contributed by atoms with E-state index in [0.717, 1.165) is 28.4 Å². The van der Waals surface area contributed by atoms with E-state index >= 15 is 0 Å². The quantitative estimate of drug-likeness (QED) is 0.575. The minimum Gasteiger partial charge on any atom is -0.352 e. The monoisotopic (exact) mass is 374 g/mol. The molecule has 0 bridgehead atoms. The van der Waals surface area contributed by atoms with Crippen molar-refractivity contribution in [3.8, 4) is 0 Å². The van der Waals surface area contributed by atoms with Gasteiger partial charge >= 0.3 is 0 Å². The van der Waals surface area contributed by atoms with Gasteiger partial charge in [-0.05, 0) is 42.5 Å². The molecular formula is C14H15FN2O3S3. The van der Waals surface area contributed by atoms with Crippen LogP contribution in [-0.4, -0.2) is 26.6 Å². The Labute approximate surface area is 142 Å². The first-order chi connectivity index (χ1) is 10.9. The summed E-state index contributed by atoms with van der Waals surface area (Å²) in [6.07, 6.45) is 0.736. The molecule has 0 atom stereocenters. The van der Waals surface area contributed by atoms with E-state index in [2.05, 4.69) is 5.32 Å². The van der Waals surface area contributed by atoms with Crippen LogP contribution < -0.4 is 10.5 Å². The zero-order chi connectivity index (χ0) is 16.9. The van der Waals surface area contributed by atoms with Crippen LogP contribution in [0.2, 0.25) is 0 Å². The number of rotatable bonds is 7. The third-order valence-electron chi connectivity index (χ3n) is 2.81. The SMILES string of the molecule is NS(=O)(=O)c1cc(C(=O)NCCCSc2ccc(F)cc2)cs1. The number of benzene rings is 1. The maximum atomic E-state index is 12.8. The molecule has 0 aliphatic carbocycles. The minimum absolute atomic E-state index is 0.0329. The Morgan fingerprint density at radius 3 is 2.61 bits per heavy atom. The van der Waals surface area contributed by atoms with Crippen molar-refractivity contribution >= 4 is 39.0 Å². The lowest BCUT2D eigenvalue weighted by Crippen LogP contribution is -2.24. The van der Waals surface area contributed by atoms with E-state index < -0.39 is 10.0 Å². The zero-order valence-corrected chi connectivity index (χ0v) is 14.4. The van der Waals surface area contributed by atoms with Crippen LogP contribution in [0.4, 0.5) is 4.39 Å². The van der Waals surface area contributed by atoms with Gasteiger partial charge in [0.15, 0.2) is 0 Å². The van der Waals surface area contributed by atoms with Gasteiger partial charge in [-0.2, -0.15) is 0 Å². The second kappa shape index (κ2) is 7.91. The molecule has 23 heavy (non-hydrogen) atoms. The van der Waals surface area contributed by atoms with Crippen LogP contribution in [0.15, 0.2) is 44.8 Å². The van der Waals surface area contributed by atoms with Gasteiger partial charge in [-0.3, -0.25) is 4.79 Å². The number of hydrogen-bond donors (Lipinski definition) is 2. The second-order valence-corrected chi connectivity index (χ2v) is 8.48. The van der Waals surface area contributed by atoms with Gasteiger partial charge in [-0.1, -0.05) is 0 Å². The van der Waals surface area contributed by atoms with Gasteiger partial charge in [-0.25, -0.2) is 17.9 Å². The smallest absolute Gasteiger partial charge is 0.252 e. The van der Waals surface area contributed by atoms with E-state index in [9.17, 15) is 17.6 Å². The Hall–Kier alpha value is -1.42. The molecule has 1 aromatic heterocycles. The lowest BCUT2D eigenvalue weighted by atomic mass is 10.3. The molecule has 124 valence electrons. The molecule has 0 aliphatic heterocycles. The molecule has 0 saturated heterocycles. The molecule has 9 heteroatoms. The topological polar surface area (TPSA) is 89.3 Å². The number of thiophene rings is 1. The van der Waals surface area contributed by atoms with Crippen molar-refractivity contribution in [2.45, 2.75) is 15.5 Å². The number of carbonyl (C=O) groups excluding carboxylic acids is 1. The number of nitrogens with two attached hydrogens (primary N) is 1. The van der Waals surface area contributed by atoms with Crippen LogP contribution in [0.25, 0.3) is 0 Å². The zero-order valence-electron chi connectivity index (χ0n) is 12.0. The van der Waals surface area contributed by atoms with Crippen molar-refractivity contribution in [3.05, 3.63) is 47.1 Å². The van der Waals surface area contributed by atoms with Crippen LogP contribution >= 0.6 is 23.1 Å². The summed E-state index contributed by atoms with van der Waals surface area (Å²) >= 11 is 2.49. The highest BCUT2D eigenvalue weighted by Gasteiger charge is 2.14. The standard InChI is InChI=1S/C14H15FN2O3S3/c15-11-2-4-12(5-3-11)21-7-1-6-17-14(18)10-8-13(22-9-10)23(16,19)20/h2-5,8-9H,1,6-7H2,(H,17,18)(H2,16,19,20). The van der Waals surface area contributed by atoms with E-state index in [1.165, 1.54) is 23.6 Å². The van der Waals surface area contributed by atoms with E-state index in [4.69, 9.17) is 5.14 Å². The van der Waals surface area contributed by atoms with Crippen molar-refractivity contribution in [1.82, 2.24) is 5.32 Å². The lowest BCUT2D eigenvalue weighted by Gasteiger charge is -2.04. The second-order valence-electron chi connectivity index (χ2n) is 4.61. The van der Waals surface area contributed by atoms with Crippen molar-refractivity contribution in [1.29, 1.82) is 0 Å². The molecule has 0 fully saturated rings. The summed E-state index contributed by atoms with van der Waals surface area (Å²) in [5.74, 6) is 0.178. The first-order valence-electron chi connectivity index (χ1n) is 6.64. The van der Waals surface area contributed by atoms with Crippen LogP contribution in [-0.2, 0) is 10.0 Å². The predicted molar refractivity (Wildman–Crippen MR) is 89.8 cm³/mol. The molecule has 1 aromatic carbocycles. The Balaban J connectivity index is 1.72. The third kappa shape index (κ3) is 5.61. The van der Waals surface area contributed by atoms with Crippen LogP contribution in [0.1, 0.15) is 16.8 Å². The van der Waals surface area contributed by atoms with Crippen molar-refractivity contribution in [2.24, 2.45) is 5.14 Å².